The molecule has 0 saturated heterocycles. The third-order valence-electron chi connectivity index (χ3n) is 2.89. The first-order valence-corrected chi connectivity index (χ1v) is 6.21. The maximum Gasteiger partial charge on any atom is 0.123 e. The van der Waals surface area contributed by atoms with Crippen LogP contribution in [-0.4, -0.2) is 18.7 Å². The van der Waals surface area contributed by atoms with Gasteiger partial charge in [0.25, 0.3) is 0 Å². The van der Waals surface area contributed by atoms with Crippen LogP contribution in [0.5, 0.6) is 11.5 Å². The molecular formula is C13H17NO2S. The lowest BCUT2D eigenvalue weighted by Crippen LogP contribution is -2.10. The van der Waals surface area contributed by atoms with E-state index in [4.69, 9.17) is 27.4 Å². The zero-order valence-corrected chi connectivity index (χ0v) is 10.8. The second kappa shape index (κ2) is 5.36. The van der Waals surface area contributed by atoms with Crippen LogP contribution in [0.15, 0.2) is 18.2 Å². The first kappa shape index (κ1) is 12.2. The largest absolute Gasteiger partial charge is 0.497 e. The molecular weight excluding hydrogens is 234 g/mol. The van der Waals surface area contributed by atoms with Crippen LogP contribution in [0.3, 0.4) is 0 Å². The van der Waals surface area contributed by atoms with Crippen LogP contribution in [0, 0.1) is 5.92 Å². The Hall–Kier alpha value is -1.29. The van der Waals surface area contributed by atoms with Gasteiger partial charge in [0, 0.05) is 11.6 Å². The molecule has 3 nitrogen and oxygen atoms in total. The Morgan fingerprint density at radius 1 is 1.35 bits per heavy atom. The molecule has 0 atom stereocenters. The maximum atomic E-state index is 5.69. The van der Waals surface area contributed by atoms with Crippen LogP contribution in [0.1, 0.15) is 24.8 Å². The van der Waals surface area contributed by atoms with E-state index in [0.29, 0.717) is 4.99 Å². The summed E-state index contributed by atoms with van der Waals surface area (Å²) in [7, 11) is 1.62. The van der Waals surface area contributed by atoms with Crippen LogP contribution in [0.2, 0.25) is 0 Å². The second-order valence-corrected chi connectivity index (χ2v) is 4.78. The highest BCUT2D eigenvalue weighted by atomic mass is 32.1. The zero-order chi connectivity index (χ0) is 12.3. The number of hydrogen-bond donors (Lipinski definition) is 1. The van der Waals surface area contributed by atoms with Crippen LogP contribution in [0.25, 0.3) is 0 Å². The minimum absolute atomic E-state index is 0.357. The summed E-state index contributed by atoms with van der Waals surface area (Å²) in [4.78, 5) is 0.357. The average molecular weight is 251 g/mol. The van der Waals surface area contributed by atoms with Crippen molar-refractivity contribution in [1.29, 1.82) is 0 Å². The highest BCUT2D eigenvalue weighted by Crippen LogP contribution is 2.32. The molecule has 1 saturated carbocycles. The quantitative estimate of drug-likeness (QED) is 0.789. The van der Waals surface area contributed by atoms with E-state index in [1.165, 1.54) is 12.8 Å². The van der Waals surface area contributed by atoms with Gasteiger partial charge in [0.05, 0.1) is 13.7 Å². The Kier molecular flexibility index (Phi) is 3.84. The van der Waals surface area contributed by atoms with Crippen LogP contribution in [0.4, 0.5) is 0 Å². The third-order valence-corrected chi connectivity index (χ3v) is 3.13. The fourth-order valence-corrected chi connectivity index (χ4v) is 1.78. The second-order valence-electron chi connectivity index (χ2n) is 4.34. The minimum Gasteiger partial charge on any atom is -0.497 e. The molecule has 1 aliphatic carbocycles. The standard InChI is InChI=1S/C13H17NO2S/c1-15-11-6-10(13(14)17)7-12(8-11)16-5-4-9-2-3-9/h6-9H,2-5H2,1H3,(H2,14,17). The molecule has 1 aliphatic rings. The van der Waals surface area contributed by atoms with Gasteiger partial charge in [-0.1, -0.05) is 25.1 Å². The smallest absolute Gasteiger partial charge is 0.123 e. The molecule has 0 bridgehead atoms. The van der Waals surface area contributed by atoms with Crippen LogP contribution >= 0.6 is 12.2 Å². The van der Waals surface area contributed by atoms with Crippen molar-refractivity contribution >= 4 is 17.2 Å². The van der Waals surface area contributed by atoms with Crippen molar-refractivity contribution in [3.05, 3.63) is 23.8 Å². The lowest BCUT2D eigenvalue weighted by Gasteiger charge is -2.10. The SMILES string of the molecule is COc1cc(OCCC2CC2)cc(C(N)=S)c1. The molecule has 1 aromatic rings. The van der Waals surface area contributed by atoms with Gasteiger partial charge in [-0.25, -0.2) is 0 Å². The minimum atomic E-state index is 0.357. The van der Waals surface area contributed by atoms with Crippen molar-refractivity contribution in [2.75, 3.05) is 13.7 Å². The topological polar surface area (TPSA) is 44.5 Å². The summed E-state index contributed by atoms with van der Waals surface area (Å²) in [6.45, 7) is 0.745. The van der Waals surface area contributed by atoms with E-state index in [1.54, 1.807) is 7.11 Å². The van der Waals surface area contributed by atoms with Gasteiger partial charge in [-0.2, -0.15) is 0 Å². The summed E-state index contributed by atoms with van der Waals surface area (Å²) in [5.74, 6) is 2.36. The number of benzene rings is 1. The van der Waals surface area contributed by atoms with Crippen molar-refractivity contribution in [2.24, 2.45) is 11.7 Å². The van der Waals surface area contributed by atoms with E-state index < -0.39 is 0 Å². The number of ether oxygens (including phenoxy) is 2. The van der Waals surface area contributed by atoms with Gasteiger partial charge in [-0.3, -0.25) is 0 Å². The van der Waals surface area contributed by atoms with E-state index in [-0.39, 0.29) is 0 Å². The molecule has 0 unspecified atom stereocenters. The van der Waals surface area contributed by atoms with E-state index >= 15 is 0 Å². The van der Waals surface area contributed by atoms with Gasteiger partial charge in [0.15, 0.2) is 0 Å². The summed E-state index contributed by atoms with van der Waals surface area (Å²) in [6.07, 6.45) is 3.82. The molecule has 0 aromatic heterocycles. The number of thiocarbonyl (C=S) groups is 1. The fraction of sp³-hybridized carbons (Fsp3) is 0.462. The van der Waals surface area contributed by atoms with E-state index in [1.807, 2.05) is 18.2 Å². The fourth-order valence-electron chi connectivity index (χ4n) is 1.67. The lowest BCUT2D eigenvalue weighted by atomic mass is 10.2. The van der Waals surface area contributed by atoms with Crippen LogP contribution < -0.4 is 15.2 Å². The molecule has 17 heavy (non-hydrogen) atoms. The molecule has 0 spiro atoms. The predicted molar refractivity (Wildman–Crippen MR) is 71.7 cm³/mol. The van der Waals surface area contributed by atoms with E-state index in [9.17, 15) is 0 Å². The molecule has 1 fully saturated rings. The molecule has 2 rings (SSSR count). The third kappa shape index (κ3) is 3.60. The lowest BCUT2D eigenvalue weighted by molar-refractivity contribution is 0.300. The van der Waals surface area contributed by atoms with Crippen molar-refractivity contribution in [3.8, 4) is 11.5 Å². The Morgan fingerprint density at radius 3 is 2.65 bits per heavy atom. The number of nitrogens with two attached hydrogens (primary N) is 1. The van der Waals surface area contributed by atoms with Gasteiger partial charge in [-0.05, 0) is 24.5 Å². The number of hydrogen-bond acceptors (Lipinski definition) is 3. The van der Waals surface area contributed by atoms with Crippen molar-refractivity contribution in [1.82, 2.24) is 0 Å². The average Bonchev–Trinajstić information content (AvgIpc) is 3.12. The molecule has 0 heterocycles. The zero-order valence-electron chi connectivity index (χ0n) is 9.94. The summed E-state index contributed by atoms with van der Waals surface area (Å²) >= 11 is 4.96. The highest BCUT2D eigenvalue weighted by Gasteiger charge is 2.20. The van der Waals surface area contributed by atoms with Crippen molar-refractivity contribution in [2.45, 2.75) is 19.3 Å². The molecule has 92 valence electrons. The Balaban J connectivity index is 2.02. The molecule has 0 amide bonds. The molecule has 0 radical (unpaired) electrons. The molecule has 4 heteroatoms. The highest BCUT2D eigenvalue weighted by molar-refractivity contribution is 7.80. The Bertz CT molecular complexity index is 416. The van der Waals surface area contributed by atoms with Gasteiger partial charge < -0.3 is 15.2 Å². The normalized spacial score (nSPS) is 14.4. The molecule has 2 N–H and O–H groups in total. The first-order chi connectivity index (χ1) is 8.19. The van der Waals surface area contributed by atoms with Crippen molar-refractivity contribution in [3.63, 3.8) is 0 Å². The summed E-state index contributed by atoms with van der Waals surface area (Å²) in [5.41, 5.74) is 6.39. The summed E-state index contributed by atoms with van der Waals surface area (Å²) in [5, 5.41) is 0. The summed E-state index contributed by atoms with van der Waals surface area (Å²) in [6, 6.07) is 5.53. The van der Waals surface area contributed by atoms with Gasteiger partial charge in [0.1, 0.15) is 16.5 Å². The van der Waals surface area contributed by atoms with E-state index in [0.717, 1.165) is 36.0 Å². The number of methoxy groups -OCH3 is 1. The van der Waals surface area contributed by atoms with Gasteiger partial charge in [-0.15, -0.1) is 0 Å². The predicted octanol–water partition coefficient (Wildman–Crippen LogP) is 2.51. The van der Waals surface area contributed by atoms with Gasteiger partial charge in [0.2, 0.25) is 0 Å². The van der Waals surface area contributed by atoms with Gasteiger partial charge >= 0.3 is 0 Å². The van der Waals surface area contributed by atoms with Crippen molar-refractivity contribution < 1.29 is 9.47 Å². The molecule has 0 aliphatic heterocycles. The monoisotopic (exact) mass is 251 g/mol. The number of rotatable bonds is 6. The maximum absolute atomic E-state index is 5.69. The summed E-state index contributed by atoms with van der Waals surface area (Å²) < 4.78 is 10.9. The molecule has 1 aromatic carbocycles. The first-order valence-electron chi connectivity index (χ1n) is 5.80. The Morgan fingerprint density at radius 2 is 2.06 bits per heavy atom. The van der Waals surface area contributed by atoms with Crippen LogP contribution in [-0.2, 0) is 0 Å². The Labute approximate surface area is 107 Å². The van der Waals surface area contributed by atoms with E-state index in [2.05, 4.69) is 0 Å².